The molecule has 3 rings (SSSR count). The summed E-state index contributed by atoms with van der Waals surface area (Å²) < 4.78 is 5.12. The molecule has 0 bridgehead atoms. The van der Waals surface area contributed by atoms with Gasteiger partial charge in [-0.15, -0.1) is 11.3 Å². The van der Waals surface area contributed by atoms with Gasteiger partial charge in [-0.2, -0.15) is 0 Å². The van der Waals surface area contributed by atoms with Crippen molar-refractivity contribution in [3.63, 3.8) is 0 Å². The summed E-state index contributed by atoms with van der Waals surface area (Å²) in [5.41, 5.74) is 0.584. The number of rotatable bonds is 2. The molecule has 0 aliphatic rings. The number of carbonyl (C=O) groups excluding carboxylic acids is 1. The van der Waals surface area contributed by atoms with Gasteiger partial charge in [0.2, 0.25) is 0 Å². The first-order valence-corrected chi connectivity index (χ1v) is 6.78. The second-order valence-corrected chi connectivity index (χ2v) is 5.09. The highest BCUT2D eigenvalue weighted by Crippen LogP contribution is 2.17. The average molecular weight is 286 g/mol. The summed E-state index contributed by atoms with van der Waals surface area (Å²) in [4.78, 5) is 28.0. The van der Waals surface area contributed by atoms with Crippen LogP contribution in [0, 0.1) is 6.92 Å². The molecule has 0 radical (unpaired) electrons. The lowest BCUT2D eigenvalue weighted by molar-refractivity contribution is 0.102. The van der Waals surface area contributed by atoms with E-state index in [1.165, 1.54) is 17.4 Å². The number of anilines is 1. The monoisotopic (exact) mass is 286 g/mol. The van der Waals surface area contributed by atoms with Gasteiger partial charge >= 0.3 is 5.63 Å². The Morgan fingerprint density at radius 2 is 2.15 bits per heavy atom. The first-order valence-electron chi connectivity index (χ1n) is 5.90. The Labute approximate surface area is 117 Å². The third-order valence-electron chi connectivity index (χ3n) is 2.73. The quantitative estimate of drug-likeness (QED) is 0.735. The Bertz CT molecular complexity index is 851. The van der Waals surface area contributed by atoms with Gasteiger partial charge in [0.15, 0.2) is 5.13 Å². The lowest BCUT2D eigenvalue weighted by Gasteiger charge is -2.02. The standard InChI is InChI=1S/C14H10N2O3S/c1-8-7-20-14(15-8)16-12(17)10-6-9-4-2-3-5-11(9)19-13(10)18/h2-7H,1H3,(H,15,16,17). The van der Waals surface area contributed by atoms with Crippen LogP contribution in [0.25, 0.3) is 11.0 Å². The van der Waals surface area contributed by atoms with Crippen molar-refractivity contribution in [3.8, 4) is 0 Å². The second kappa shape index (κ2) is 4.90. The third kappa shape index (κ3) is 2.33. The van der Waals surface area contributed by atoms with Crippen LogP contribution in [0.4, 0.5) is 5.13 Å². The second-order valence-electron chi connectivity index (χ2n) is 4.23. The molecule has 20 heavy (non-hydrogen) atoms. The van der Waals surface area contributed by atoms with E-state index in [1.54, 1.807) is 18.2 Å². The predicted molar refractivity (Wildman–Crippen MR) is 77.3 cm³/mol. The number of hydrogen-bond donors (Lipinski definition) is 1. The zero-order valence-electron chi connectivity index (χ0n) is 10.5. The average Bonchev–Trinajstić information content (AvgIpc) is 2.83. The van der Waals surface area contributed by atoms with E-state index in [0.29, 0.717) is 16.1 Å². The maximum Gasteiger partial charge on any atom is 0.349 e. The fourth-order valence-corrected chi connectivity index (χ4v) is 2.48. The Balaban J connectivity index is 1.98. The number of aryl methyl sites for hydroxylation is 1. The van der Waals surface area contributed by atoms with Gasteiger partial charge in [-0.05, 0) is 19.1 Å². The highest BCUT2D eigenvalue weighted by molar-refractivity contribution is 7.13. The number of carbonyl (C=O) groups is 1. The van der Waals surface area contributed by atoms with Crippen LogP contribution in [0.2, 0.25) is 0 Å². The number of hydrogen-bond acceptors (Lipinski definition) is 5. The number of nitrogens with one attached hydrogen (secondary N) is 1. The smallest absolute Gasteiger partial charge is 0.349 e. The van der Waals surface area contributed by atoms with Gasteiger partial charge in [0, 0.05) is 10.8 Å². The molecule has 0 unspecified atom stereocenters. The number of thiazole rings is 1. The number of benzene rings is 1. The molecule has 0 aliphatic carbocycles. The van der Waals surface area contributed by atoms with Crippen LogP contribution in [0.1, 0.15) is 16.1 Å². The third-order valence-corrected chi connectivity index (χ3v) is 3.60. The van der Waals surface area contributed by atoms with Crippen LogP contribution in [-0.2, 0) is 0 Å². The van der Waals surface area contributed by atoms with Crippen LogP contribution in [0.15, 0.2) is 44.9 Å². The van der Waals surface area contributed by atoms with Crippen LogP contribution < -0.4 is 10.9 Å². The van der Waals surface area contributed by atoms with Crippen molar-refractivity contribution in [1.29, 1.82) is 0 Å². The summed E-state index contributed by atoms with van der Waals surface area (Å²) >= 11 is 1.31. The first-order chi connectivity index (χ1) is 9.63. The molecular formula is C14H10N2O3S. The molecule has 0 saturated carbocycles. The van der Waals surface area contributed by atoms with E-state index < -0.39 is 11.5 Å². The summed E-state index contributed by atoms with van der Waals surface area (Å²) in [6.45, 7) is 1.83. The highest BCUT2D eigenvalue weighted by Gasteiger charge is 2.14. The molecule has 5 nitrogen and oxygen atoms in total. The van der Waals surface area contributed by atoms with Crippen molar-refractivity contribution >= 4 is 33.3 Å². The van der Waals surface area contributed by atoms with Crippen molar-refractivity contribution in [3.05, 3.63) is 57.4 Å². The van der Waals surface area contributed by atoms with Gasteiger partial charge in [-0.1, -0.05) is 18.2 Å². The molecule has 1 N–H and O–H groups in total. The molecule has 1 aromatic carbocycles. The lowest BCUT2D eigenvalue weighted by Crippen LogP contribution is -2.20. The fourth-order valence-electron chi connectivity index (χ4n) is 1.80. The Morgan fingerprint density at radius 3 is 2.90 bits per heavy atom. The molecule has 2 heterocycles. The molecule has 0 atom stereocenters. The SMILES string of the molecule is Cc1csc(NC(=O)c2cc3ccccc3oc2=O)n1. The van der Waals surface area contributed by atoms with Crippen molar-refractivity contribution in [2.45, 2.75) is 6.92 Å². The van der Waals surface area contributed by atoms with E-state index in [9.17, 15) is 9.59 Å². The van der Waals surface area contributed by atoms with E-state index in [-0.39, 0.29) is 5.56 Å². The molecular weight excluding hydrogens is 276 g/mol. The Kier molecular flexibility index (Phi) is 3.08. The Morgan fingerprint density at radius 1 is 1.35 bits per heavy atom. The van der Waals surface area contributed by atoms with E-state index in [2.05, 4.69) is 10.3 Å². The van der Waals surface area contributed by atoms with Crippen molar-refractivity contribution < 1.29 is 9.21 Å². The van der Waals surface area contributed by atoms with Gasteiger partial charge in [0.05, 0.1) is 5.69 Å². The van der Waals surface area contributed by atoms with Gasteiger partial charge in [-0.25, -0.2) is 9.78 Å². The number of aromatic nitrogens is 1. The van der Waals surface area contributed by atoms with Crippen molar-refractivity contribution in [2.24, 2.45) is 0 Å². The topological polar surface area (TPSA) is 72.2 Å². The molecule has 0 aliphatic heterocycles. The molecule has 0 spiro atoms. The summed E-state index contributed by atoms with van der Waals surface area (Å²) in [7, 11) is 0. The molecule has 2 aromatic heterocycles. The van der Waals surface area contributed by atoms with Crippen LogP contribution in [0.3, 0.4) is 0 Å². The van der Waals surface area contributed by atoms with E-state index >= 15 is 0 Å². The summed E-state index contributed by atoms with van der Waals surface area (Å²) in [6.07, 6.45) is 0. The van der Waals surface area contributed by atoms with Crippen molar-refractivity contribution in [2.75, 3.05) is 5.32 Å². The number of nitrogens with zero attached hydrogens (tertiary/aromatic N) is 1. The van der Waals surface area contributed by atoms with Crippen LogP contribution in [0.5, 0.6) is 0 Å². The molecule has 3 aromatic rings. The highest BCUT2D eigenvalue weighted by atomic mass is 32.1. The number of amides is 1. The Hall–Kier alpha value is -2.47. The van der Waals surface area contributed by atoms with Crippen LogP contribution in [-0.4, -0.2) is 10.9 Å². The van der Waals surface area contributed by atoms with Gasteiger partial charge in [-0.3, -0.25) is 10.1 Å². The van der Waals surface area contributed by atoms with Crippen molar-refractivity contribution in [1.82, 2.24) is 4.98 Å². The van der Waals surface area contributed by atoms with E-state index in [0.717, 1.165) is 5.69 Å². The molecule has 1 amide bonds. The number of fused-ring (bicyclic) bond motifs is 1. The predicted octanol–water partition coefficient (Wildman–Crippen LogP) is 2.81. The van der Waals surface area contributed by atoms with Gasteiger partial charge in [0.1, 0.15) is 11.1 Å². The fraction of sp³-hybridized carbons (Fsp3) is 0.0714. The van der Waals surface area contributed by atoms with Gasteiger partial charge in [0.25, 0.3) is 5.91 Å². The van der Waals surface area contributed by atoms with Crippen LogP contribution >= 0.6 is 11.3 Å². The summed E-state index contributed by atoms with van der Waals surface area (Å²) in [5, 5.41) is 5.57. The minimum absolute atomic E-state index is 0.0310. The minimum atomic E-state index is -0.658. The maximum absolute atomic E-state index is 12.1. The van der Waals surface area contributed by atoms with Gasteiger partial charge < -0.3 is 4.42 Å². The molecule has 100 valence electrons. The maximum atomic E-state index is 12.1. The minimum Gasteiger partial charge on any atom is -0.422 e. The molecule has 6 heteroatoms. The lowest BCUT2D eigenvalue weighted by atomic mass is 10.2. The zero-order valence-corrected chi connectivity index (χ0v) is 11.4. The molecule has 0 saturated heterocycles. The molecule has 0 fully saturated rings. The first kappa shape index (κ1) is 12.6. The normalized spacial score (nSPS) is 10.7. The zero-order chi connectivity index (χ0) is 14.1. The summed E-state index contributed by atoms with van der Waals surface area (Å²) in [6, 6.07) is 8.57. The number of para-hydroxylation sites is 1. The largest absolute Gasteiger partial charge is 0.422 e. The van der Waals surface area contributed by atoms with E-state index in [4.69, 9.17) is 4.42 Å². The summed E-state index contributed by atoms with van der Waals surface area (Å²) in [5.74, 6) is -0.515. The van der Waals surface area contributed by atoms with E-state index in [1.807, 2.05) is 18.4 Å².